The summed E-state index contributed by atoms with van der Waals surface area (Å²) in [6, 6.07) is 1.46. The minimum atomic E-state index is -4.58. The number of carbonyl (C=O) groups is 1. The average Bonchev–Trinajstić information content (AvgIpc) is 2.97. The molecule has 0 fully saturated rings. The number of halogens is 4. The van der Waals surface area contributed by atoms with Crippen LogP contribution in [0.15, 0.2) is 10.6 Å². The third kappa shape index (κ3) is 4.28. The van der Waals surface area contributed by atoms with E-state index >= 15 is 0 Å². The number of nitrogens with zero attached hydrogens (tertiary/aromatic N) is 3. The standard InChI is InChI=1S/C15H14ClF3N4O2/c16-11-7-8(25-23-11)5-6-12(24)21-14-20-10-4-2-1-3-9(10)13(22-14)15(17,18)19/h7H,1-6H2,(H,20,21,22,24). The monoisotopic (exact) mass is 374 g/mol. The van der Waals surface area contributed by atoms with Gasteiger partial charge in [-0.25, -0.2) is 9.97 Å². The van der Waals surface area contributed by atoms with Crippen molar-refractivity contribution in [1.82, 2.24) is 15.1 Å². The van der Waals surface area contributed by atoms with Gasteiger partial charge in [0.1, 0.15) is 5.76 Å². The molecule has 1 aliphatic carbocycles. The van der Waals surface area contributed by atoms with Gasteiger partial charge in [0.25, 0.3) is 0 Å². The summed E-state index contributed by atoms with van der Waals surface area (Å²) in [5, 5.41) is 5.97. The Balaban J connectivity index is 1.74. The second-order valence-corrected chi connectivity index (χ2v) is 6.08. The number of anilines is 1. The van der Waals surface area contributed by atoms with Gasteiger partial charge in [-0.2, -0.15) is 13.2 Å². The highest BCUT2D eigenvalue weighted by Gasteiger charge is 2.38. The molecule has 0 saturated carbocycles. The number of amides is 1. The Labute approximate surface area is 145 Å². The minimum Gasteiger partial charge on any atom is -0.360 e. The minimum absolute atomic E-state index is 0.0205. The van der Waals surface area contributed by atoms with Gasteiger partial charge in [0.05, 0.1) is 0 Å². The van der Waals surface area contributed by atoms with E-state index in [-0.39, 0.29) is 29.5 Å². The molecule has 1 N–H and O–H groups in total. The van der Waals surface area contributed by atoms with Crippen molar-refractivity contribution < 1.29 is 22.5 Å². The summed E-state index contributed by atoms with van der Waals surface area (Å²) in [6.07, 6.45) is -2.22. The lowest BCUT2D eigenvalue weighted by molar-refractivity contribution is -0.142. The van der Waals surface area contributed by atoms with Crippen LogP contribution in [-0.4, -0.2) is 21.0 Å². The molecule has 2 aromatic heterocycles. The molecule has 134 valence electrons. The Hall–Kier alpha value is -2.16. The van der Waals surface area contributed by atoms with Crippen LogP contribution in [0.4, 0.5) is 19.1 Å². The molecule has 0 aromatic carbocycles. The Morgan fingerprint density at radius 2 is 2.04 bits per heavy atom. The van der Waals surface area contributed by atoms with Crippen molar-refractivity contribution in [1.29, 1.82) is 0 Å². The molecule has 3 rings (SSSR count). The van der Waals surface area contributed by atoms with Crippen molar-refractivity contribution in [3.63, 3.8) is 0 Å². The molecule has 1 amide bonds. The van der Waals surface area contributed by atoms with Crippen molar-refractivity contribution in [2.75, 3.05) is 5.32 Å². The number of aryl methyl sites for hydroxylation is 2. The van der Waals surface area contributed by atoms with Crippen molar-refractivity contribution in [3.05, 3.63) is 33.9 Å². The molecule has 2 heterocycles. The molecule has 25 heavy (non-hydrogen) atoms. The highest BCUT2D eigenvalue weighted by molar-refractivity contribution is 6.29. The zero-order valence-electron chi connectivity index (χ0n) is 13.0. The molecule has 6 nitrogen and oxygen atoms in total. The first-order valence-corrected chi connectivity index (χ1v) is 8.08. The molecule has 0 saturated heterocycles. The van der Waals surface area contributed by atoms with Gasteiger partial charge in [0.15, 0.2) is 10.8 Å². The van der Waals surface area contributed by atoms with Gasteiger partial charge >= 0.3 is 6.18 Å². The quantitative estimate of drug-likeness (QED) is 0.884. The maximum Gasteiger partial charge on any atom is 0.433 e. The van der Waals surface area contributed by atoms with E-state index in [0.717, 1.165) is 6.42 Å². The van der Waals surface area contributed by atoms with Gasteiger partial charge in [-0.05, 0) is 25.7 Å². The van der Waals surface area contributed by atoms with E-state index in [0.29, 0.717) is 30.7 Å². The second kappa shape index (κ2) is 6.99. The van der Waals surface area contributed by atoms with E-state index in [2.05, 4.69) is 20.4 Å². The van der Waals surface area contributed by atoms with Gasteiger partial charge in [0.2, 0.25) is 11.9 Å². The number of nitrogens with one attached hydrogen (secondary N) is 1. The molecule has 0 atom stereocenters. The van der Waals surface area contributed by atoms with Crippen LogP contribution < -0.4 is 5.32 Å². The molecule has 0 unspecified atom stereocenters. The number of aromatic nitrogens is 3. The Kier molecular flexibility index (Phi) is 4.94. The molecule has 0 bridgehead atoms. The van der Waals surface area contributed by atoms with Crippen LogP contribution in [0.2, 0.25) is 5.15 Å². The van der Waals surface area contributed by atoms with E-state index in [9.17, 15) is 18.0 Å². The lowest BCUT2D eigenvalue weighted by Gasteiger charge is -2.20. The van der Waals surface area contributed by atoms with Crippen LogP contribution in [0.5, 0.6) is 0 Å². The maximum atomic E-state index is 13.2. The van der Waals surface area contributed by atoms with E-state index < -0.39 is 17.8 Å². The number of fused-ring (bicyclic) bond motifs is 1. The van der Waals surface area contributed by atoms with Crippen LogP contribution in [0.25, 0.3) is 0 Å². The van der Waals surface area contributed by atoms with Gasteiger partial charge in [-0.3, -0.25) is 10.1 Å². The van der Waals surface area contributed by atoms with Crippen LogP contribution >= 0.6 is 11.6 Å². The topological polar surface area (TPSA) is 80.9 Å². The molecular weight excluding hydrogens is 361 g/mol. The zero-order valence-corrected chi connectivity index (χ0v) is 13.7. The normalized spacial score (nSPS) is 14.2. The molecule has 0 spiro atoms. The van der Waals surface area contributed by atoms with E-state index in [1.165, 1.54) is 6.07 Å². The number of hydrogen-bond donors (Lipinski definition) is 1. The molecule has 0 radical (unpaired) electrons. The first-order valence-electron chi connectivity index (χ1n) is 7.71. The average molecular weight is 375 g/mol. The van der Waals surface area contributed by atoms with Crippen molar-refractivity contribution >= 4 is 23.5 Å². The van der Waals surface area contributed by atoms with Crippen molar-refractivity contribution in [3.8, 4) is 0 Å². The molecule has 1 aliphatic rings. The third-order valence-electron chi connectivity index (χ3n) is 3.83. The van der Waals surface area contributed by atoms with Crippen molar-refractivity contribution in [2.45, 2.75) is 44.7 Å². The van der Waals surface area contributed by atoms with Crippen molar-refractivity contribution in [2.24, 2.45) is 0 Å². The van der Waals surface area contributed by atoms with Gasteiger partial charge in [0, 0.05) is 30.2 Å². The lowest BCUT2D eigenvalue weighted by Crippen LogP contribution is -2.22. The fraction of sp³-hybridized carbons (Fsp3) is 0.467. The fourth-order valence-electron chi connectivity index (χ4n) is 2.71. The maximum absolute atomic E-state index is 13.2. The first kappa shape index (κ1) is 17.7. The summed E-state index contributed by atoms with van der Waals surface area (Å²) >= 11 is 5.60. The van der Waals surface area contributed by atoms with E-state index in [1.54, 1.807) is 0 Å². The summed E-state index contributed by atoms with van der Waals surface area (Å²) in [5.41, 5.74) is -0.478. The fourth-order valence-corrected chi connectivity index (χ4v) is 2.87. The summed E-state index contributed by atoms with van der Waals surface area (Å²) in [4.78, 5) is 19.6. The highest BCUT2D eigenvalue weighted by Crippen LogP contribution is 2.35. The van der Waals surface area contributed by atoms with Crippen LogP contribution in [0.1, 0.15) is 42.0 Å². The largest absolute Gasteiger partial charge is 0.433 e. The van der Waals surface area contributed by atoms with Crippen LogP contribution in [-0.2, 0) is 30.2 Å². The molecular formula is C15H14ClF3N4O2. The van der Waals surface area contributed by atoms with Crippen LogP contribution in [0, 0.1) is 0 Å². The number of alkyl halides is 3. The number of carbonyl (C=O) groups excluding carboxylic acids is 1. The molecule has 0 aliphatic heterocycles. The summed E-state index contributed by atoms with van der Waals surface area (Å²) < 4.78 is 44.6. The smallest absolute Gasteiger partial charge is 0.360 e. The second-order valence-electron chi connectivity index (χ2n) is 5.69. The first-order chi connectivity index (χ1) is 11.8. The molecule has 10 heteroatoms. The van der Waals surface area contributed by atoms with E-state index in [4.69, 9.17) is 16.1 Å². The number of rotatable bonds is 4. The summed E-state index contributed by atoms with van der Waals surface area (Å²) in [5.74, 6) is -0.438. The Bertz CT molecular complexity index is 792. The Morgan fingerprint density at radius 3 is 2.72 bits per heavy atom. The van der Waals surface area contributed by atoms with Gasteiger partial charge in [-0.1, -0.05) is 16.8 Å². The Morgan fingerprint density at radius 1 is 1.28 bits per heavy atom. The predicted molar refractivity (Wildman–Crippen MR) is 82.1 cm³/mol. The molecule has 2 aromatic rings. The highest BCUT2D eigenvalue weighted by atomic mass is 35.5. The zero-order chi connectivity index (χ0) is 18.0. The third-order valence-corrected chi connectivity index (χ3v) is 4.01. The predicted octanol–water partition coefficient (Wildman–Crippen LogP) is 3.59. The van der Waals surface area contributed by atoms with Crippen LogP contribution in [0.3, 0.4) is 0 Å². The van der Waals surface area contributed by atoms with E-state index in [1.807, 2.05) is 0 Å². The summed E-state index contributed by atoms with van der Waals surface area (Å²) in [6.45, 7) is 0. The number of hydrogen-bond acceptors (Lipinski definition) is 5. The van der Waals surface area contributed by atoms with Gasteiger partial charge in [-0.15, -0.1) is 0 Å². The lowest BCUT2D eigenvalue weighted by atomic mass is 9.94. The SMILES string of the molecule is O=C(CCc1cc(Cl)no1)Nc1nc2c(c(C(F)(F)F)n1)CCCC2. The summed E-state index contributed by atoms with van der Waals surface area (Å²) in [7, 11) is 0. The van der Waals surface area contributed by atoms with Gasteiger partial charge < -0.3 is 4.52 Å².